The van der Waals surface area contributed by atoms with Crippen LogP contribution >= 0.6 is 0 Å². The van der Waals surface area contributed by atoms with Crippen LogP contribution in [0.15, 0.2) is 131 Å². The van der Waals surface area contributed by atoms with Crippen molar-refractivity contribution in [2.24, 2.45) is 5.92 Å². The van der Waals surface area contributed by atoms with E-state index in [-0.39, 0.29) is 11.9 Å². The van der Waals surface area contributed by atoms with Crippen LogP contribution in [0.25, 0.3) is 0 Å². The topological polar surface area (TPSA) is 29.5 Å². The molecule has 2 saturated heterocycles. The molecular formula is C33H31NO2Sn. The van der Waals surface area contributed by atoms with Gasteiger partial charge in [-0.05, 0) is 0 Å². The third-order valence-corrected chi connectivity index (χ3v) is 20.9. The Morgan fingerprint density at radius 2 is 1.22 bits per heavy atom. The molecule has 0 unspecified atom stereocenters. The number of rotatable bonds is 7. The molecule has 3 atom stereocenters. The van der Waals surface area contributed by atoms with Crippen molar-refractivity contribution in [2.45, 2.75) is 25.5 Å². The molecule has 2 aliphatic rings. The molecule has 0 saturated carbocycles. The summed E-state index contributed by atoms with van der Waals surface area (Å²) in [5.74, 6) is 1.16. The second-order valence-corrected chi connectivity index (χ2v) is 20.3. The van der Waals surface area contributed by atoms with E-state index in [1.54, 1.807) is 0 Å². The van der Waals surface area contributed by atoms with Gasteiger partial charge in [0.2, 0.25) is 0 Å². The van der Waals surface area contributed by atoms with Crippen LogP contribution in [0.5, 0.6) is 5.75 Å². The Morgan fingerprint density at radius 1 is 0.757 bits per heavy atom. The minimum atomic E-state index is -3.59. The summed E-state index contributed by atoms with van der Waals surface area (Å²) in [6.45, 7) is 2.94. The maximum atomic E-state index is 13.2. The van der Waals surface area contributed by atoms with Crippen LogP contribution in [-0.2, 0) is 4.79 Å². The average Bonchev–Trinajstić information content (AvgIpc) is 3.30. The fourth-order valence-corrected chi connectivity index (χ4v) is 19.1. The van der Waals surface area contributed by atoms with Gasteiger partial charge in [0, 0.05) is 0 Å². The van der Waals surface area contributed by atoms with Crippen LogP contribution in [0.1, 0.15) is 13.3 Å². The second-order valence-electron chi connectivity index (χ2n) is 9.95. The molecule has 2 aliphatic heterocycles. The average molecular weight is 592 g/mol. The fraction of sp³-hybridized carbons (Fsp3) is 0.182. The standard InChI is InChI=1S/C15H16NO2.3C6H5.Sn/c1-3-12-10(2)9-16-13(12)14(15(16)17)18-11-7-5-4-6-8-11;3*1-2-4-6-5-3-1;/h2,4-8,12-14H,3,9H2,1H3;3*1-5H;/t12-,13-,14+;;;;/m0..../s1. The molecule has 0 radical (unpaired) electrons. The fourth-order valence-electron chi connectivity index (χ4n) is 6.24. The molecule has 0 aliphatic carbocycles. The van der Waals surface area contributed by atoms with Gasteiger partial charge in [-0.3, -0.25) is 0 Å². The van der Waals surface area contributed by atoms with Gasteiger partial charge in [-0.2, -0.15) is 0 Å². The zero-order chi connectivity index (χ0) is 25.2. The summed E-state index contributed by atoms with van der Waals surface area (Å²) in [5, 5.41) is 0. The maximum absolute atomic E-state index is 13.2. The molecule has 2 heterocycles. The summed E-state index contributed by atoms with van der Waals surface area (Å²) < 4.78 is 13.2. The van der Waals surface area contributed by atoms with Crippen LogP contribution in [0.2, 0.25) is 0 Å². The minimum absolute atomic E-state index is 0.0928. The Kier molecular flexibility index (Phi) is 6.64. The number of fused-ring (bicyclic) bond motifs is 1. The van der Waals surface area contributed by atoms with E-state index in [0.717, 1.165) is 12.2 Å². The third-order valence-electron chi connectivity index (χ3n) is 7.97. The van der Waals surface area contributed by atoms with Crippen LogP contribution in [0.4, 0.5) is 0 Å². The van der Waals surface area contributed by atoms with Gasteiger partial charge in [0.1, 0.15) is 0 Å². The van der Waals surface area contributed by atoms with Gasteiger partial charge < -0.3 is 0 Å². The normalized spacial score (nSPS) is 22.0. The first-order valence-corrected chi connectivity index (χ1v) is 19.1. The Bertz CT molecular complexity index is 1290. The van der Waals surface area contributed by atoms with Gasteiger partial charge >= 0.3 is 224 Å². The number of carbonyl (C=O) groups excluding carboxylic acids is 1. The number of benzene rings is 4. The van der Waals surface area contributed by atoms with E-state index in [9.17, 15) is 4.79 Å². The number of ether oxygens (including phenoxy) is 1. The van der Waals surface area contributed by atoms with Crippen molar-refractivity contribution in [1.29, 1.82) is 0 Å². The molecule has 4 aromatic rings. The van der Waals surface area contributed by atoms with Gasteiger partial charge in [-0.15, -0.1) is 0 Å². The number of nitrogens with zero attached hydrogens (tertiary/aromatic N) is 1. The number of amides is 1. The van der Waals surface area contributed by atoms with Gasteiger partial charge in [0.05, 0.1) is 0 Å². The second kappa shape index (κ2) is 10.2. The zero-order valence-corrected chi connectivity index (χ0v) is 23.9. The van der Waals surface area contributed by atoms with E-state index < -0.39 is 24.5 Å². The molecule has 184 valence electrons. The van der Waals surface area contributed by atoms with Crippen molar-refractivity contribution in [2.75, 3.05) is 6.54 Å². The molecule has 0 N–H and O–H groups in total. The summed E-state index contributed by atoms with van der Waals surface area (Å²) in [7, 11) is 0. The first-order chi connectivity index (χ1) is 18.2. The SMILES string of the molecule is CC[C@H]1/C(=[CH]/[Sn]([c]2ccccc2)([c]2ccccc2)[c]2ccccc2)CN2C(=O)[C@H](Oc3ccccc3)[C@H]12. The summed E-state index contributed by atoms with van der Waals surface area (Å²) >= 11 is -3.59. The predicted molar refractivity (Wildman–Crippen MR) is 152 cm³/mol. The van der Waals surface area contributed by atoms with Crippen molar-refractivity contribution >= 4 is 35.0 Å². The molecule has 3 nitrogen and oxygen atoms in total. The van der Waals surface area contributed by atoms with E-state index in [1.807, 2.05) is 35.2 Å². The quantitative estimate of drug-likeness (QED) is 0.237. The number of para-hydroxylation sites is 1. The van der Waals surface area contributed by atoms with E-state index in [2.05, 4.69) is 102 Å². The molecular weight excluding hydrogens is 561 g/mol. The first kappa shape index (κ1) is 24.0. The van der Waals surface area contributed by atoms with Gasteiger partial charge in [0.15, 0.2) is 0 Å². The predicted octanol–water partition coefficient (Wildman–Crippen LogP) is 4.32. The monoisotopic (exact) mass is 593 g/mol. The van der Waals surface area contributed by atoms with Crippen molar-refractivity contribution in [3.63, 3.8) is 0 Å². The van der Waals surface area contributed by atoms with Crippen LogP contribution in [0.3, 0.4) is 0 Å². The summed E-state index contributed by atoms with van der Waals surface area (Å²) in [6.07, 6.45) is 0.572. The van der Waals surface area contributed by atoms with E-state index >= 15 is 0 Å². The Labute approximate surface area is 223 Å². The van der Waals surface area contributed by atoms with Crippen molar-refractivity contribution in [3.8, 4) is 5.75 Å². The molecule has 2 fully saturated rings. The van der Waals surface area contributed by atoms with E-state index in [1.165, 1.54) is 16.3 Å². The van der Waals surface area contributed by atoms with Crippen LogP contribution in [0, 0.1) is 5.92 Å². The third kappa shape index (κ3) is 4.19. The van der Waals surface area contributed by atoms with Crippen molar-refractivity contribution in [3.05, 3.63) is 131 Å². The molecule has 37 heavy (non-hydrogen) atoms. The molecule has 1 amide bonds. The van der Waals surface area contributed by atoms with Gasteiger partial charge in [-0.25, -0.2) is 0 Å². The summed E-state index contributed by atoms with van der Waals surface area (Å²) in [5.41, 5.74) is 1.40. The molecule has 4 heteroatoms. The summed E-state index contributed by atoms with van der Waals surface area (Å²) in [6, 6.07) is 43.0. The van der Waals surface area contributed by atoms with Crippen molar-refractivity contribution in [1.82, 2.24) is 4.90 Å². The van der Waals surface area contributed by atoms with Gasteiger partial charge in [0.25, 0.3) is 0 Å². The molecule has 0 bridgehead atoms. The molecule has 6 rings (SSSR count). The Balaban J connectivity index is 1.48. The Hall–Kier alpha value is -3.31. The first-order valence-electron chi connectivity index (χ1n) is 13.1. The van der Waals surface area contributed by atoms with Crippen molar-refractivity contribution < 1.29 is 9.53 Å². The Morgan fingerprint density at radius 3 is 1.68 bits per heavy atom. The molecule has 0 aromatic heterocycles. The molecule has 4 aromatic carbocycles. The van der Waals surface area contributed by atoms with Crippen LogP contribution in [-0.4, -0.2) is 47.9 Å². The zero-order valence-electron chi connectivity index (χ0n) is 21.0. The summed E-state index contributed by atoms with van der Waals surface area (Å²) in [4.78, 5) is 15.3. The number of β-lactam (4-membered cyclic amide) rings is 1. The van der Waals surface area contributed by atoms with E-state index in [4.69, 9.17) is 4.74 Å². The van der Waals surface area contributed by atoms with E-state index in [0.29, 0.717) is 12.5 Å². The number of carbonyl (C=O) groups is 1. The van der Waals surface area contributed by atoms with Gasteiger partial charge in [-0.1, -0.05) is 0 Å². The van der Waals surface area contributed by atoms with Crippen LogP contribution < -0.4 is 15.5 Å². The number of hydrogen-bond acceptors (Lipinski definition) is 2. The molecule has 0 spiro atoms. The number of hydrogen-bond donors (Lipinski definition) is 0.